The molecule has 6 heteroatoms. The SMILES string of the molecule is COC(=O)/C(=C\c1ccncc1)NC(=O)c1ccccc1.Cl. The molecule has 2 rings (SSSR count). The van der Waals surface area contributed by atoms with Crippen molar-refractivity contribution in [2.45, 2.75) is 0 Å². The van der Waals surface area contributed by atoms with Crippen LogP contribution in [0.1, 0.15) is 15.9 Å². The Kier molecular flexibility index (Phi) is 6.79. The van der Waals surface area contributed by atoms with Crippen LogP contribution < -0.4 is 5.32 Å². The van der Waals surface area contributed by atoms with Crippen LogP contribution in [0.25, 0.3) is 6.08 Å². The third-order valence-electron chi connectivity index (χ3n) is 2.71. The van der Waals surface area contributed by atoms with E-state index in [2.05, 4.69) is 15.0 Å². The Labute approximate surface area is 134 Å². The number of ether oxygens (including phenoxy) is 1. The fraction of sp³-hybridized carbons (Fsp3) is 0.0625. The number of benzene rings is 1. The highest BCUT2D eigenvalue weighted by Gasteiger charge is 2.14. The molecule has 114 valence electrons. The van der Waals surface area contributed by atoms with Crippen molar-refractivity contribution in [2.24, 2.45) is 0 Å². The lowest BCUT2D eigenvalue weighted by Gasteiger charge is -2.08. The number of halogens is 1. The van der Waals surface area contributed by atoms with Crippen LogP contribution in [-0.2, 0) is 9.53 Å². The lowest BCUT2D eigenvalue weighted by molar-refractivity contribution is -0.136. The second-order valence-corrected chi connectivity index (χ2v) is 4.15. The van der Waals surface area contributed by atoms with Gasteiger partial charge >= 0.3 is 5.97 Å². The van der Waals surface area contributed by atoms with E-state index in [4.69, 9.17) is 0 Å². The fourth-order valence-electron chi connectivity index (χ4n) is 1.67. The number of hydrogen-bond donors (Lipinski definition) is 1. The number of amides is 1. The molecule has 0 bridgehead atoms. The Hall–Kier alpha value is -2.66. The van der Waals surface area contributed by atoms with Crippen LogP contribution in [-0.4, -0.2) is 24.0 Å². The number of hydrogen-bond acceptors (Lipinski definition) is 4. The molecule has 1 heterocycles. The number of rotatable bonds is 4. The second kappa shape index (κ2) is 8.59. The van der Waals surface area contributed by atoms with Crippen LogP contribution in [0.3, 0.4) is 0 Å². The Bertz CT molecular complexity index is 658. The first kappa shape index (κ1) is 17.4. The van der Waals surface area contributed by atoms with Crippen LogP contribution >= 0.6 is 12.4 Å². The molecule has 0 unspecified atom stereocenters. The molecule has 2 aromatic rings. The van der Waals surface area contributed by atoms with Crippen molar-refractivity contribution in [3.05, 3.63) is 71.7 Å². The maximum absolute atomic E-state index is 12.1. The average Bonchev–Trinajstić information content (AvgIpc) is 2.55. The van der Waals surface area contributed by atoms with Gasteiger partial charge < -0.3 is 10.1 Å². The largest absolute Gasteiger partial charge is 0.464 e. The van der Waals surface area contributed by atoms with Crippen molar-refractivity contribution in [1.82, 2.24) is 10.3 Å². The molecule has 0 radical (unpaired) electrons. The zero-order valence-corrected chi connectivity index (χ0v) is 12.7. The van der Waals surface area contributed by atoms with E-state index in [1.165, 1.54) is 13.2 Å². The van der Waals surface area contributed by atoms with Crippen LogP contribution in [0.5, 0.6) is 0 Å². The molecule has 1 N–H and O–H groups in total. The fourth-order valence-corrected chi connectivity index (χ4v) is 1.67. The second-order valence-electron chi connectivity index (χ2n) is 4.15. The number of methoxy groups -OCH3 is 1. The Morgan fingerprint density at radius 2 is 1.73 bits per heavy atom. The zero-order valence-electron chi connectivity index (χ0n) is 11.9. The lowest BCUT2D eigenvalue weighted by atomic mass is 10.2. The summed E-state index contributed by atoms with van der Waals surface area (Å²) in [7, 11) is 1.26. The molecule has 0 aliphatic rings. The number of carbonyl (C=O) groups is 2. The van der Waals surface area contributed by atoms with Crippen molar-refractivity contribution < 1.29 is 14.3 Å². The summed E-state index contributed by atoms with van der Waals surface area (Å²) in [5.74, 6) is -0.989. The zero-order chi connectivity index (χ0) is 15.1. The van der Waals surface area contributed by atoms with Crippen LogP contribution in [0, 0.1) is 0 Å². The molecule has 0 aliphatic heterocycles. The minimum atomic E-state index is -0.615. The summed E-state index contributed by atoms with van der Waals surface area (Å²) < 4.78 is 4.68. The number of nitrogens with zero attached hydrogens (tertiary/aromatic N) is 1. The highest BCUT2D eigenvalue weighted by molar-refractivity contribution is 6.03. The molecule has 0 saturated carbocycles. The standard InChI is InChI=1S/C16H14N2O3.ClH/c1-21-16(20)14(11-12-7-9-17-10-8-12)18-15(19)13-5-3-2-4-6-13;/h2-11H,1H3,(H,18,19);1H/b14-11+;. The lowest BCUT2D eigenvalue weighted by Crippen LogP contribution is -2.28. The van der Waals surface area contributed by atoms with Gasteiger partial charge in [-0.05, 0) is 35.9 Å². The minimum absolute atomic E-state index is 0. The van der Waals surface area contributed by atoms with Gasteiger partial charge in [-0.3, -0.25) is 9.78 Å². The Morgan fingerprint density at radius 3 is 2.32 bits per heavy atom. The van der Waals surface area contributed by atoms with Gasteiger partial charge in [-0.25, -0.2) is 4.79 Å². The molecule has 1 amide bonds. The Balaban J connectivity index is 0.00000242. The number of aromatic nitrogens is 1. The van der Waals surface area contributed by atoms with Gasteiger partial charge in [0.25, 0.3) is 5.91 Å². The third kappa shape index (κ3) is 4.71. The quantitative estimate of drug-likeness (QED) is 0.694. The summed E-state index contributed by atoms with van der Waals surface area (Å²) in [6, 6.07) is 12.1. The van der Waals surface area contributed by atoms with Gasteiger partial charge in [0.15, 0.2) is 0 Å². The summed E-state index contributed by atoms with van der Waals surface area (Å²) >= 11 is 0. The normalized spacial score (nSPS) is 10.3. The van der Waals surface area contributed by atoms with Gasteiger partial charge in [-0.2, -0.15) is 0 Å². The van der Waals surface area contributed by atoms with E-state index in [1.54, 1.807) is 48.8 Å². The van der Waals surface area contributed by atoms with Crippen LogP contribution in [0.2, 0.25) is 0 Å². The first-order valence-corrected chi connectivity index (χ1v) is 6.27. The van der Waals surface area contributed by atoms with E-state index in [-0.39, 0.29) is 24.0 Å². The van der Waals surface area contributed by atoms with Crippen LogP contribution in [0.15, 0.2) is 60.6 Å². The third-order valence-corrected chi connectivity index (χ3v) is 2.71. The topological polar surface area (TPSA) is 68.3 Å². The first-order valence-electron chi connectivity index (χ1n) is 6.27. The molecular formula is C16H15ClN2O3. The highest BCUT2D eigenvalue weighted by atomic mass is 35.5. The molecule has 1 aromatic heterocycles. The van der Waals surface area contributed by atoms with Crippen molar-refractivity contribution in [2.75, 3.05) is 7.11 Å². The predicted octanol–water partition coefficient (Wildman–Crippen LogP) is 2.45. The van der Waals surface area contributed by atoms with Crippen molar-refractivity contribution in [3.63, 3.8) is 0 Å². The van der Waals surface area contributed by atoms with E-state index in [1.807, 2.05) is 6.07 Å². The smallest absolute Gasteiger partial charge is 0.354 e. The van der Waals surface area contributed by atoms with Gasteiger partial charge in [0, 0.05) is 18.0 Å². The van der Waals surface area contributed by atoms with E-state index >= 15 is 0 Å². The number of nitrogens with one attached hydrogen (secondary N) is 1. The highest BCUT2D eigenvalue weighted by Crippen LogP contribution is 2.07. The molecule has 1 aromatic carbocycles. The molecule has 22 heavy (non-hydrogen) atoms. The van der Waals surface area contributed by atoms with Gasteiger partial charge in [-0.1, -0.05) is 18.2 Å². The summed E-state index contributed by atoms with van der Waals surface area (Å²) in [6.07, 6.45) is 4.73. The monoisotopic (exact) mass is 318 g/mol. The summed E-state index contributed by atoms with van der Waals surface area (Å²) in [4.78, 5) is 27.7. The summed E-state index contributed by atoms with van der Waals surface area (Å²) in [5.41, 5.74) is 1.26. The first-order chi connectivity index (χ1) is 10.2. The predicted molar refractivity (Wildman–Crippen MR) is 85.4 cm³/mol. The number of carbonyl (C=O) groups excluding carboxylic acids is 2. The van der Waals surface area contributed by atoms with E-state index in [9.17, 15) is 9.59 Å². The van der Waals surface area contributed by atoms with Crippen LogP contribution in [0.4, 0.5) is 0 Å². The molecule has 0 atom stereocenters. The number of pyridine rings is 1. The number of esters is 1. The van der Waals surface area contributed by atoms with Gasteiger partial charge in [0.1, 0.15) is 5.70 Å². The van der Waals surface area contributed by atoms with Gasteiger partial charge in [0.2, 0.25) is 0 Å². The minimum Gasteiger partial charge on any atom is -0.464 e. The molecule has 5 nitrogen and oxygen atoms in total. The Morgan fingerprint density at radius 1 is 1.09 bits per heavy atom. The maximum atomic E-state index is 12.1. The van der Waals surface area contributed by atoms with Gasteiger partial charge in [-0.15, -0.1) is 12.4 Å². The molecular weight excluding hydrogens is 304 g/mol. The maximum Gasteiger partial charge on any atom is 0.354 e. The van der Waals surface area contributed by atoms with Crippen molar-refractivity contribution in [1.29, 1.82) is 0 Å². The molecule has 0 fully saturated rings. The van der Waals surface area contributed by atoms with Crippen molar-refractivity contribution in [3.8, 4) is 0 Å². The molecule has 0 spiro atoms. The summed E-state index contributed by atoms with van der Waals surface area (Å²) in [5, 5.41) is 2.56. The average molecular weight is 319 g/mol. The van der Waals surface area contributed by atoms with Gasteiger partial charge in [0.05, 0.1) is 7.11 Å². The van der Waals surface area contributed by atoms with Crippen molar-refractivity contribution >= 4 is 30.4 Å². The molecule has 0 aliphatic carbocycles. The van der Waals surface area contributed by atoms with E-state index < -0.39 is 5.97 Å². The van der Waals surface area contributed by atoms with E-state index in [0.717, 1.165) is 5.56 Å². The van der Waals surface area contributed by atoms with E-state index in [0.29, 0.717) is 5.56 Å². The summed E-state index contributed by atoms with van der Waals surface area (Å²) in [6.45, 7) is 0. The molecule has 0 saturated heterocycles.